The molecule has 0 aliphatic carbocycles. The lowest BCUT2D eigenvalue weighted by molar-refractivity contribution is -0.130. The average Bonchev–Trinajstić information content (AvgIpc) is 2.55. The van der Waals surface area contributed by atoms with E-state index in [1.165, 1.54) is 0 Å². The molecule has 0 aromatic heterocycles. The van der Waals surface area contributed by atoms with Gasteiger partial charge in [0.2, 0.25) is 11.8 Å². The van der Waals surface area contributed by atoms with E-state index >= 15 is 0 Å². The van der Waals surface area contributed by atoms with Gasteiger partial charge in [0.15, 0.2) is 0 Å². The largest absolute Gasteiger partial charge is 0.381 e. The molecule has 1 heterocycles. The zero-order chi connectivity index (χ0) is 17.1. The van der Waals surface area contributed by atoms with Gasteiger partial charge in [0.1, 0.15) is 0 Å². The topological polar surface area (TPSA) is 107 Å². The fourth-order valence-electron chi connectivity index (χ4n) is 2.66. The van der Waals surface area contributed by atoms with Crippen LogP contribution in [0.2, 0.25) is 0 Å². The molecule has 1 aromatic carbocycles. The molecule has 1 fully saturated rings. The molecule has 7 heteroatoms. The quantitative estimate of drug-likeness (QED) is 0.744. The van der Waals surface area contributed by atoms with E-state index in [0.717, 1.165) is 5.56 Å². The second kappa shape index (κ2) is 7.96. The standard InChI is InChI=1S/C17H25N3O3.ClH/c1-16(2,14(19)21)12-3-5-13(6-4-12)20-15(22)17(11-18)7-9-23-10-8-17;/h3-6H,7-11,18H2,1-2H3,(H2,19,21)(H,20,22);1H. The molecular weight excluding hydrogens is 330 g/mol. The Bertz CT molecular complexity index is 581. The summed E-state index contributed by atoms with van der Waals surface area (Å²) < 4.78 is 5.32. The molecule has 0 unspecified atom stereocenters. The van der Waals surface area contributed by atoms with Crippen LogP contribution < -0.4 is 16.8 Å². The fourth-order valence-corrected chi connectivity index (χ4v) is 2.66. The first-order chi connectivity index (χ1) is 10.8. The van der Waals surface area contributed by atoms with Crippen molar-refractivity contribution in [2.24, 2.45) is 16.9 Å². The maximum Gasteiger partial charge on any atom is 0.232 e. The van der Waals surface area contributed by atoms with Crippen molar-refractivity contribution in [2.45, 2.75) is 32.1 Å². The average molecular weight is 356 g/mol. The molecule has 6 nitrogen and oxygen atoms in total. The number of halogens is 1. The number of hydrogen-bond donors (Lipinski definition) is 3. The van der Waals surface area contributed by atoms with Gasteiger partial charge in [-0.15, -0.1) is 12.4 Å². The van der Waals surface area contributed by atoms with Crippen molar-refractivity contribution in [3.8, 4) is 0 Å². The molecule has 134 valence electrons. The van der Waals surface area contributed by atoms with Gasteiger partial charge in [-0.1, -0.05) is 12.1 Å². The van der Waals surface area contributed by atoms with Crippen LogP contribution >= 0.6 is 12.4 Å². The van der Waals surface area contributed by atoms with Crippen molar-refractivity contribution in [3.63, 3.8) is 0 Å². The Morgan fingerprint density at radius 3 is 2.21 bits per heavy atom. The number of anilines is 1. The van der Waals surface area contributed by atoms with E-state index in [4.69, 9.17) is 16.2 Å². The second-order valence-electron chi connectivity index (χ2n) is 6.62. The summed E-state index contributed by atoms with van der Waals surface area (Å²) in [7, 11) is 0. The Morgan fingerprint density at radius 2 is 1.75 bits per heavy atom. The first-order valence-electron chi connectivity index (χ1n) is 7.81. The Morgan fingerprint density at radius 1 is 1.21 bits per heavy atom. The van der Waals surface area contributed by atoms with Gasteiger partial charge in [-0.25, -0.2) is 0 Å². The lowest BCUT2D eigenvalue weighted by Gasteiger charge is -2.34. The molecular formula is C17H26ClN3O3. The van der Waals surface area contributed by atoms with E-state index in [-0.39, 0.29) is 18.3 Å². The third-order valence-electron chi connectivity index (χ3n) is 4.80. The summed E-state index contributed by atoms with van der Waals surface area (Å²) in [5.74, 6) is -0.469. The van der Waals surface area contributed by atoms with Gasteiger partial charge in [-0.2, -0.15) is 0 Å². The van der Waals surface area contributed by atoms with Crippen LogP contribution in [0, 0.1) is 5.41 Å². The van der Waals surface area contributed by atoms with Crippen molar-refractivity contribution in [1.82, 2.24) is 0 Å². The first-order valence-corrected chi connectivity index (χ1v) is 7.81. The van der Waals surface area contributed by atoms with Crippen molar-refractivity contribution in [2.75, 3.05) is 25.1 Å². The molecule has 1 aromatic rings. The second-order valence-corrected chi connectivity index (χ2v) is 6.62. The monoisotopic (exact) mass is 355 g/mol. The summed E-state index contributed by atoms with van der Waals surface area (Å²) in [4.78, 5) is 24.1. The SMILES string of the molecule is CC(C)(C(N)=O)c1ccc(NC(=O)C2(CN)CCOCC2)cc1.Cl. The van der Waals surface area contributed by atoms with E-state index < -0.39 is 16.7 Å². The minimum atomic E-state index is -0.748. The molecule has 1 aliphatic rings. The Labute approximate surface area is 148 Å². The summed E-state index contributed by atoms with van der Waals surface area (Å²) in [5, 5.41) is 2.92. The molecule has 0 radical (unpaired) electrons. The molecule has 0 saturated carbocycles. The minimum absolute atomic E-state index is 0. The number of hydrogen-bond acceptors (Lipinski definition) is 4. The fraction of sp³-hybridized carbons (Fsp3) is 0.529. The van der Waals surface area contributed by atoms with Gasteiger partial charge in [-0.3, -0.25) is 9.59 Å². The number of carbonyl (C=O) groups excluding carboxylic acids is 2. The molecule has 0 bridgehead atoms. The van der Waals surface area contributed by atoms with E-state index in [9.17, 15) is 9.59 Å². The summed E-state index contributed by atoms with van der Waals surface area (Å²) in [6, 6.07) is 7.17. The van der Waals surface area contributed by atoms with E-state index in [2.05, 4.69) is 5.32 Å². The van der Waals surface area contributed by atoms with Gasteiger partial charge < -0.3 is 21.5 Å². The van der Waals surface area contributed by atoms with Gasteiger partial charge in [0.25, 0.3) is 0 Å². The highest BCUT2D eigenvalue weighted by atomic mass is 35.5. The zero-order valence-corrected chi connectivity index (χ0v) is 14.9. The van der Waals surface area contributed by atoms with E-state index in [0.29, 0.717) is 38.3 Å². The number of ether oxygens (including phenoxy) is 1. The van der Waals surface area contributed by atoms with Crippen LogP contribution in [0.5, 0.6) is 0 Å². The number of nitrogens with one attached hydrogen (secondary N) is 1. The van der Waals surface area contributed by atoms with Crippen molar-refractivity contribution in [1.29, 1.82) is 0 Å². The van der Waals surface area contributed by atoms with Gasteiger partial charge >= 0.3 is 0 Å². The maximum atomic E-state index is 12.6. The summed E-state index contributed by atoms with van der Waals surface area (Å²) in [5.41, 5.74) is 11.4. The third kappa shape index (κ3) is 4.06. The third-order valence-corrected chi connectivity index (χ3v) is 4.80. The molecule has 1 aliphatic heterocycles. The van der Waals surface area contributed by atoms with Crippen LogP contribution in [0.15, 0.2) is 24.3 Å². The predicted octanol–water partition coefficient (Wildman–Crippen LogP) is 1.57. The predicted molar refractivity (Wildman–Crippen MR) is 96.1 cm³/mol. The number of amides is 2. The van der Waals surface area contributed by atoms with Gasteiger partial charge in [-0.05, 0) is 44.4 Å². The number of benzene rings is 1. The Kier molecular flexibility index (Phi) is 6.77. The molecule has 2 amide bonds. The zero-order valence-electron chi connectivity index (χ0n) is 14.1. The number of nitrogens with two attached hydrogens (primary N) is 2. The smallest absolute Gasteiger partial charge is 0.232 e. The van der Waals surface area contributed by atoms with Crippen LogP contribution in [0.4, 0.5) is 5.69 Å². The van der Waals surface area contributed by atoms with E-state index in [1.54, 1.807) is 38.1 Å². The van der Waals surface area contributed by atoms with Crippen LogP contribution in [0.1, 0.15) is 32.3 Å². The minimum Gasteiger partial charge on any atom is -0.381 e. The van der Waals surface area contributed by atoms with Crippen LogP contribution in [-0.2, 0) is 19.7 Å². The van der Waals surface area contributed by atoms with Crippen molar-refractivity contribution in [3.05, 3.63) is 29.8 Å². The van der Waals surface area contributed by atoms with Gasteiger partial charge in [0, 0.05) is 25.4 Å². The van der Waals surface area contributed by atoms with Gasteiger partial charge in [0.05, 0.1) is 10.8 Å². The Hall–Kier alpha value is -1.63. The lowest BCUT2D eigenvalue weighted by Crippen LogP contribution is -2.46. The number of rotatable bonds is 5. The highest BCUT2D eigenvalue weighted by molar-refractivity contribution is 5.95. The van der Waals surface area contributed by atoms with Crippen LogP contribution in [-0.4, -0.2) is 31.6 Å². The Balaban J connectivity index is 0.00000288. The van der Waals surface area contributed by atoms with Crippen molar-refractivity contribution < 1.29 is 14.3 Å². The first kappa shape index (κ1) is 20.4. The molecule has 24 heavy (non-hydrogen) atoms. The number of carbonyl (C=O) groups is 2. The highest BCUT2D eigenvalue weighted by Gasteiger charge is 2.38. The van der Waals surface area contributed by atoms with E-state index in [1.807, 2.05) is 0 Å². The molecule has 0 spiro atoms. The summed E-state index contributed by atoms with van der Waals surface area (Å²) in [6.45, 7) is 4.95. The summed E-state index contributed by atoms with van der Waals surface area (Å²) in [6.07, 6.45) is 1.25. The molecule has 5 N–H and O–H groups in total. The van der Waals surface area contributed by atoms with Crippen LogP contribution in [0.3, 0.4) is 0 Å². The normalized spacial score (nSPS) is 16.8. The van der Waals surface area contributed by atoms with Crippen LogP contribution in [0.25, 0.3) is 0 Å². The molecule has 0 atom stereocenters. The van der Waals surface area contributed by atoms with Crippen molar-refractivity contribution >= 4 is 29.9 Å². The lowest BCUT2D eigenvalue weighted by atomic mass is 9.79. The highest BCUT2D eigenvalue weighted by Crippen LogP contribution is 2.31. The number of primary amides is 1. The summed E-state index contributed by atoms with van der Waals surface area (Å²) >= 11 is 0. The maximum absolute atomic E-state index is 12.6. The molecule has 2 rings (SSSR count). The molecule has 1 saturated heterocycles.